The third-order valence-electron chi connectivity index (χ3n) is 2.99. The minimum atomic E-state index is -0.192. The number of methoxy groups -OCH3 is 2. The van der Waals surface area contributed by atoms with Crippen LogP contribution >= 0.6 is 0 Å². The second-order valence-electron chi connectivity index (χ2n) is 4.36. The van der Waals surface area contributed by atoms with Gasteiger partial charge in [-0.3, -0.25) is 4.79 Å². The van der Waals surface area contributed by atoms with Crippen molar-refractivity contribution in [3.8, 4) is 17.2 Å². The topological polar surface area (TPSA) is 55.8 Å². The van der Waals surface area contributed by atoms with E-state index in [9.17, 15) is 9.90 Å². The molecule has 0 atom stereocenters. The summed E-state index contributed by atoms with van der Waals surface area (Å²) >= 11 is 0. The molecule has 21 heavy (non-hydrogen) atoms. The molecule has 0 heterocycles. The van der Waals surface area contributed by atoms with Crippen molar-refractivity contribution in [1.82, 2.24) is 0 Å². The minimum absolute atomic E-state index is 0.0579. The number of ketones is 1. The Bertz CT molecular complexity index is 657. The predicted octanol–water partition coefficient (Wildman–Crippen LogP) is 3.31. The van der Waals surface area contributed by atoms with Crippen molar-refractivity contribution < 1.29 is 19.4 Å². The van der Waals surface area contributed by atoms with Crippen LogP contribution in [0, 0.1) is 0 Å². The number of carbonyl (C=O) groups is 1. The smallest absolute Gasteiger partial charge is 0.189 e. The quantitative estimate of drug-likeness (QED) is 0.676. The van der Waals surface area contributed by atoms with Crippen LogP contribution < -0.4 is 9.47 Å². The zero-order valence-corrected chi connectivity index (χ0v) is 11.9. The van der Waals surface area contributed by atoms with Gasteiger partial charge in [0.05, 0.1) is 19.8 Å². The molecule has 1 N–H and O–H groups in total. The Morgan fingerprint density at radius 2 is 1.76 bits per heavy atom. The van der Waals surface area contributed by atoms with E-state index in [0.717, 1.165) is 11.3 Å². The monoisotopic (exact) mass is 284 g/mol. The molecule has 0 unspecified atom stereocenters. The van der Waals surface area contributed by atoms with Crippen molar-refractivity contribution in [3.05, 3.63) is 59.7 Å². The summed E-state index contributed by atoms with van der Waals surface area (Å²) in [6.07, 6.45) is 3.19. The SMILES string of the molecule is COc1ccc(/C=C/C(=O)c2ccc(O)cc2OC)cc1. The molecule has 2 rings (SSSR count). The van der Waals surface area contributed by atoms with Gasteiger partial charge in [-0.25, -0.2) is 0 Å². The largest absolute Gasteiger partial charge is 0.508 e. The molecule has 4 heteroatoms. The number of hydrogen-bond acceptors (Lipinski definition) is 4. The maximum absolute atomic E-state index is 12.2. The molecule has 0 aliphatic rings. The van der Waals surface area contributed by atoms with Crippen molar-refractivity contribution in [1.29, 1.82) is 0 Å². The molecule has 0 saturated heterocycles. The van der Waals surface area contributed by atoms with Crippen LogP contribution in [0.2, 0.25) is 0 Å². The fourth-order valence-electron chi connectivity index (χ4n) is 1.86. The van der Waals surface area contributed by atoms with Gasteiger partial charge in [-0.05, 0) is 35.9 Å². The van der Waals surface area contributed by atoms with Crippen LogP contribution in [0.1, 0.15) is 15.9 Å². The van der Waals surface area contributed by atoms with Gasteiger partial charge in [0.2, 0.25) is 0 Å². The molecule has 0 fully saturated rings. The molecule has 0 radical (unpaired) electrons. The van der Waals surface area contributed by atoms with E-state index < -0.39 is 0 Å². The van der Waals surface area contributed by atoms with Crippen LogP contribution in [-0.2, 0) is 0 Å². The lowest BCUT2D eigenvalue weighted by Crippen LogP contribution is -1.98. The highest BCUT2D eigenvalue weighted by Gasteiger charge is 2.10. The Balaban J connectivity index is 2.18. The third kappa shape index (κ3) is 3.63. The van der Waals surface area contributed by atoms with Gasteiger partial charge >= 0.3 is 0 Å². The molecule has 0 amide bonds. The summed E-state index contributed by atoms with van der Waals surface area (Å²) in [7, 11) is 3.06. The lowest BCUT2D eigenvalue weighted by molar-refractivity contribution is 0.104. The van der Waals surface area contributed by atoms with Gasteiger partial charge in [-0.1, -0.05) is 18.2 Å². The molecule has 4 nitrogen and oxygen atoms in total. The first kappa shape index (κ1) is 14.7. The first-order chi connectivity index (χ1) is 10.1. The van der Waals surface area contributed by atoms with E-state index in [2.05, 4.69) is 0 Å². The van der Waals surface area contributed by atoms with Crippen LogP contribution in [0.3, 0.4) is 0 Å². The Kier molecular flexibility index (Phi) is 4.61. The summed E-state index contributed by atoms with van der Waals surface area (Å²) < 4.78 is 10.2. The van der Waals surface area contributed by atoms with Gasteiger partial charge in [0, 0.05) is 6.07 Å². The summed E-state index contributed by atoms with van der Waals surface area (Å²) in [6, 6.07) is 11.8. The highest BCUT2D eigenvalue weighted by atomic mass is 16.5. The Labute approximate surface area is 123 Å². The van der Waals surface area contributed by atoms with E-state index in [-0.39, 0.29) is 11.5 Å². The number of carbonyl (C=O) groups excluding carboxylic acids is 1. The second kappa shape index (κ2) is 6.61. The van der Waals surface area contributed by atoms with E-state index >= 15 is 0 Å². The number of allylic oxidation sites excluding steroid dienone is 1. The molecular weight excluding hydrogens is 268 g/mol. The molecule has 2 aromatic rings. The Hall–Kier alpha value is -2.75. The molecule has 0 aromatic heterocycles. The molecule has 0 aliphatic carbocycles. The second-order valence-corrected chi connectivity index (χ2v) is 4.36. The van der Waals surface area contributed by atoms with E-state index in [1.807, 2.05) is 24.3 Å². The number of aromatic hydroxyl groups is 1. The van der Waals surface area contributed by atoms with Gasteiger partial charge in [0.1, 0.15) is 17.2 Å². The summed E-state index contributed by atoms with van der Waals surface area (Å²) in [5, 5.41) is 9.39. The average molecular weight is 284 g/mol. The van der Waals surface area contributed by atoms with E-state index in [1.54, 1.807) is 13.2 Å². The summed E-state index contributed by atoms with van der Waals surface area (Å²) in [5.74, 6) is 0.975. The van der Waals surface area contributed by atoms with Crippen LogP contribution in [0.25, 0.3) is 6.08 Å². The standard InChI is InChI=1S/C17H16O4/c1-20-14-7-3-12(4-8-14)5-10-16(19)15-9-6-13(18)11-17(15)21-2/h3-11,18H,1-2H3/b10-5+. The lowest BCUT2D eigenvalue weighted by Gasteiger charge is -2.05. The summed E-state index contributed by atoms with van der Waals surface area (Å²) in [5.41, 5.74) is 1.29. The van der Waals surface area contributed by atoms with Crippen LogP contribution in [-0.4, -0.2) is 25.1 Å². The molecule has 0 saturated carbocycles. The molecule has 108 valence electrons. The Morgan fingerprint density at radius 1 is 1.05 bits per heavy atom. The summed E-state index contributed by atoms with van der Waals surface area (Å²) in [4.78, 5) is 12.2. The van der Waals surface area contributed by atoms with Crippen molar-refractivity contribution in [2.75, 3.05) is 14.2 Å². The number of ether oxygens (including phenoxy) is 2. The van der Waals surface area contributed by atoms with Crippen molar-refractivity contribution in [2.45, 2.75) is 0 Å². The maximum Gasteiger partial charge on any atom is 0.189 e. The van der Waals surface area contributed by atoms with Crippen molar-refractivity contribution in [2.24, 2.45) is 0 Å². The number of rotatable bonds is 5. The third-order valence-corrected chi connectivity index (χ3v) is 2.99. The first-order valence-corrected chi connectivity index (χ1v) is 6.37. The number of benzene rings is 2. The molecule has 0 bridgehead atoms. The van der Waals surface area contributed by atoms with Crippen LogP contribution in [0.5, 0.6) is 17.2 Å². The fourth-order valence-corrected chi connectivity index (χ4v) is 1.86. The van der Waals surface area contributed by atoms with Gasteiger partial charge in [-0.15, -0.1) is 0 Å². The predicted molar refractivity (Wildman–Crippen MR) is 81.0 cm³/mol. The summed E-state index contributed by atoms with van der Waals surface area (Å²) in [6.45, 7) is 0. The molecule has 0 spiro atoms. The Morgan fingerprint density at radius 3 is 2.38 bits per heavy atom. The van der Waals surface area contributed by atoms with Crippen molar-refractivity contribution in [3.63, 3.8) is 0 Å². The molecular formula is C17H16O4. The first-order valence-electron chi connectivity index (χ1n) is 6.37. The normalized spacial score (nSPS) is 10.6. The zero-order valence-electron chi connectivity index (χ0n) is 11.9. The fraction of sp³-hybridized carbons (Fsp3) is 0.118. The minimum Gasteiger partial charge on any atom is -0.508 e. The van der Waals surface area contributed by atoms with Crippen LogP contribution in [0.4, 0.5) is 0 Å². The maximum atomic E-state index is 12.2. The van der Waals surface area contributed by atoms with Crippen molar-refractivity contribution >= 4 is 11.9 Å². The van der Waals surface area contributed by atoms with Gasteiger partial charge in [0.15, 0.2) is 5.78 Å². The highest BCUT2D eigenvalue weighted by molar-refractivity contribution is 6.08. The lowest BCUT2D eigenvalue weighted by atomic mass is 10.1. The number of phenolic OH excluding ortho intramolecular Hbond substituents is 1. The number of hydrogen-bond donors (Lipinski definition) is 1. The van der Waals surface area contributed by atoms with E-state index in [4.69, 9.17) is 9.47 Å². The van der Waals surface area contributed by atoms with Crippen LogP contribution in [0.15, 0.2) is 48.5 Å². The highest BCUT2D eigenvalue weighted by Crippen LogP contribution is 2.24. The zero-order chi connectivity index (χ0) is 15.2. The molecule has 2 aromatic carbocycles. The van der Waals surface area contributed by atoms with E-state index in [1.165, 1.54) is 31.4 Å². The van der Waals surface area contributed by atoms with Gasteiger partial charge in [0.25, 0.3) is 0 Å². The van der Waals surface area contributed by atoms with E-state index in [0.29, 0.717) is 11.3 Å². The van der Waals surface area contributed by atoms with Gasteiger partial charge in [-0.2, -0.15) is 0 Å². The number of phenols is 1. The average Bonchev–Trinajstić information content (AvgIpc) is 2.52. The molecule has 0 aliphatic heterocycles. The van der Waals surface area contributed by atoms with Gasteiger partial charge < -0.3 is 14.6 Å².